The van der Waals surface area contributed by atoms with Crippen LogP contribution in [0.3, 0.4) is 0 Å². The molecule has 19 heavy (non-hydrogen) atoms. The number of urea groups is 1. The molecule has 1 fully saturated rings. The molecule has 0 spiro atoms. The van der Waals surface area contributed by atoms with Crippen LogP contribution in [0.25, 0.3) is 10.8 Å². The number of rotatable bonds is 0. The predicted octanol–water partition coefficient (Wildman–Crippen LogP) is 3.03. The molecule has 0 aromatic heterocycles. The van der Waals surface area contributed by atoms with Crippen LogP contribution in [0.5, 0.6) is 0 Å². The molecule has 1 unspecified atom stereocenters. The van der Waals surface area contributed by atoms with Gasteiger partial charge >= 0.3 is 6.03 Å². The summed E-state index contributed by atoms with van der Waals surface area (Å²) in [6.45, 7) is 0.852. The molecule has 0 saturated carbocycles. The number of amides is 2. The van der Waals surface area contributed by atoms with E-state index in [1.807, 2.05) is 16.8 Å². The molecule has 96 valence electrons. The van der Waals surface area contributed by atoms with Gasteiger partial charge in [-0.3, -0.25) is 4.90 Å². The lowest BCUT2D eigenvalue weighted by atomic mass is 9.92. The van der Waals surface area contributed by atoms with Gasteiger partial charge in [0.2, 0.25) is 0 Å². The van der Waals surface area contributed by atoms with Gasteiger partial charge in [0.25, 0.3) is 0 Å². The Balaban J connectivity index is 1.95. The van der Waals surface area contributed by atoms with Crippen LogP contribution in [-0.2, 0) is 6.42 Å². The van der Waals surface area contributed by atoms with E-state index in [0.717, 1.165) is 25.1 Å². The van der Waals surface area contributed by atoms with E-state index in [0.29, 0.717) is 6.04 Å². The number of carbonyl (C=O) groups is 1. The minimum Gasteiger partial charge on any atom is -0.325 e. The quantitative estimate of drug-likeness (QED) is 0.707. The first-order chi connectivity index (χ1) is 9.25. The summed E-state index contributed by atoms with van der Waals surface area (Å²) < 4.78 is 0. The second-order valence-electron chi connectivity index (χ2n) is 5.51. The molecule has 2 aromatic rings. The number of likely N-dealkylation sites (N-methyl/N-ethyl adjacent to an activating group) is 1. The van der Waals surface area contributed by atoms with Crippen LogP contribution >= 0.6 is 0 Å². The summed E-state index contributed by atoms with van der Waals surface area (Å²) in [6, 6.07) is 13.2. The number of aryl methyl sites for hydroxylation is 1. The third-order valence-corrected chi connectivity index (χ3v) is 4.39. The normalized spacial score (nSPS) is 21.7. The third-order valence-electron chi connectivity index (χ3n) is 4.39. The van der Waals surface area contributed by atoms with Gasteiger partial charge in [0.05, 0.1) is 6.04 Å². The van der Waals surface area contributed by atoms with Crippen molar-refractivity contribution in [3.05, 3.63) is 42.0 Å². The summed E-state index contributed by atoms with van der Waals surface area (Å²) >= 11 is 0. The molecule has 2 aromatic carbocycles. The number of carbonyl (C=O) groups excluding carboxylic acids is 1. The first-order valence-electron chi connectivity index (χ1n) is 6.80. The van der Waals surface area contributed by atoms with Gasteiger partial charge in [0.1, 0.15) is 0 Å². The van der Waals surface area contributed by atoms with E-state index in [2.05, 4.69) is 36.4 Å². The smallest absolute Gasteiger partial charge is 0.324 e. The van der Waals surface area contributed by atoms with Crippen LogP contribution in [-0.4, -0.2) is 30.6 Å². The van der Waals surface area contributed by atoms with Crippen molar-refractivity contribution in [2.24, 2.45) is 0 Å². The Morgan fingerprint density at radius 2 is 2.00 bits per heavy atom. The highest BCUT2D eigenvalue weighted by atomic mass is 16.2. The Bertz CT molecular complexity index is 680. The molecule has 0 aliphatic carbocycles. The van der Waals surface area contributed by atoms with Crippen molar-refractivity contribution in [3.63, 3.8) is 0 Å². The predicted molar refractivity (Wildman–Crippen MR) is 76.6 cm³/mol. The topological polar surface area (TPSA) is 23.6 Å². The molecular formula is C16H16N2O. The summed E-state index contributed by atoms with van der Waals surface area (Å²) in [5, 5.41) is 2.56. The van der Waals surface area contributed by atoms with Gasteiger partial charge in [0.15, 0.2) is 0 Å². The third kappa shape index (κ3) is 1.41. The van der Waals surface area contributed by atoms with Crippen LogP contribution in [0, 0.1) is 0 Å². The van der Waals surface area contributed by atoms with Crippen molar-refractivity contribution < 1.29 is 4.79 Å². The van der Waals surface area contributed by atoms with E-state index >= 15 is 0 Å². The average molecular weight is 252 g/mol. The fourth-order valence-corrected chi connectivity index (χ4v) is 3.46. The molecule has 3 nitrogen and oxygen atoms in total. The van der Waals surface area contributed by atoms with Gasteiger partial charge in [-0.1, -0.05) is 30.3 Å². The minimum atomic E-state index is 0.140. The second-order valence-corrected chi connectivity index (χ2v) is 5.51. The number of anilines is 1. The fraction of sp³-hybridized carbons (Fsp3) is 0.312. The molecule has 3 heteroatoms. The molecule has 2 heterocycles. The lowest BCUT2D eigenvalue weighted by molar-refractivity contribution is 0.229. The highest BCUT2D eigenvalue weighted by Crippen LogP contribution is 2.38. The van der Waals surface area contributed by atoms with Crippen LogP contribution < -0.4 is 4.90 Å². The summed E-state index contributed by atoms with van der Waals surface area (Å²) in [5.74, 6) is 0. The zero-order valence-electron chi connectivity index (χ0n) is 11.0. The van der Waals surface area contributed by atoms with Crippen molar-refractivity contribution in [1.29, 1.82) is 0 Å². The summed E-state index contributed by atoms with van der Waals surface area (Å²) in [5.41, 5.74) is 2.45. The monoisotopic (exact) mass is 252 g/mol. The molecule has 4 rings (SSSR count). The Morgan fingerprint density at radius 3 is 2.89 bits per heavy atom. The lowest BCUT2D eigenvalue weighted by Crippen LogP contribution is -2.38. The molecule has 1 atom stereocenters. The number of hydrogen-bond donors (Lipinski definition) is 0. The van der Waals surface area contributed by atoms with E-state index in [1.165, 1.54) is 16.3 Å². The van der Waals surface area contributed by atoms with Gasteiger partial charge < -0.3 is 4.90 Å². The number of benzene rings is 2. The maximum atomic E-state index is 12.3. The highest BCUT2D eigenvalue weighted by Gasteiger charge is 2.39. The Hall–Kier alpha value is -2.03. The molecule has 2 aliphatic heterocycles. The van der Waals surface area contributed by atoms with Crippen molar-refractivity contribution in [1.82, 2.24) is 4.90 Å². The standard InChI is InChI=1S/C16H16N2O/c1-17-10-12-7-8-14-13-5-3-2-4-11(13)6-9-15(14)18(12)16(17)19/h2-6,9,12H,7-8,10H2,1H3. The van der Waals surface area contributed by atoms with E-state index in [-0.39, 0.29) is 6.03 Å². The van der Waals surface area contributed by atoms with E-state index in [9.17, 15) is 4.79 Å². The van der Waals surface area contributed by atoms with Gasteiger partial charge in [0, 0.05) is 19.3 Å². The zero-order valence-corrected chi connectivity index (χ0v) is 11.0. The molecule has 0 bridgehead atoms. The van der Waals surface area contributed by atoms with Gasteiger partial charge in [-0.15, -0.1) is 0 Å². The molecule has 0 radical (unpaired) electrons. The largest absolute Gasteiger partial charge is 0.325 e. The van der Waals surface area contributed by atoms with Crippen LogP contribution in [0.4, 0.5) is 10.5 Å². The Labute approximate surface area is 112 Å². The molecule has 1 saturated heterocycles. The Morgan fingerprint density at radius 1 is 1.16 bits per heavy atom. The number of fused-ring (bicyclic) bond motifs is 5. The highest BCUT2D eigenvalue weighted by molar-refractivity contribution is 6.00. The summed E-state index contributed by atoms with van der Waals surface area (Å²) in [6.07, 6.45) is 2.13. The second kappa shape index (κ2) is 3.73. The first kappa shape index (κ1) is 10.9. The number of nitrogens with zero attached hydrogens (tertiary/aromatic N) is 2. The Kier molecular flexibility index (Phi) is 2.13. The number of hydrogen-bond acceptors (Lipinski definition) is 1. The maximum Gasteiger partial charge on any atom is 0.324 e. The SMILES string of the molecule is CN1CC2CCc3c(ccc4ccccc34)N2C1=O. The summed E-state index contributed by atoms with van der Waals surface area (Å²) in [7, 11) is 1.89. The molecule has 2 amide bonds. The minimum absolute atomic E-state index is 0.140. The van der Waals surface area contributed by atoms with Gasteiger partial charge in [-0.05, 0) is 35.2 Å². The van der Waals surface area contributed by atoms with Crippen molar-refractivity contribution in [3.8, 4) is 0 Å². The van der Waals surface area contributed by atoms with Crippen molar-refractivity contribution in [2.45, 2.75) is 18.9 Å². The molecular weight excluding hydrogens is 236 g/mol. The average Bonchev–Trinajstić information content (AvgIpc) is 2.74. The molecule has 2 aliphatic rings. The molecule has 0 N–H and O–H groups in total. The zero-order chi connectivity index (χ0) is 13.0. The summed E-state index contributed by atoms with van der Waals surface area (Å²) in [4.78, 5) is 16.1. The van der Waals surface area contributed by atoms with E-state index < -0.39 is 0 Å². The van der Waals surface area contributed by atoms with Gasteiger partial charge in [-0.2, -0.15) is 0 Å². The van der Waals surface area contributed by atoms with E-state index in [1.54, 1.807) is 0 Å². The maximum absolute atomic E-state index is 12.3. The van der Waals surface area contributed by atoms with Gasteiger partial charge in [-0.25, -0.2) is 4.79 Å². The van der Waals surface area contributed by atoms with E-state index in [4.69, 9.17) is 0 Å². The first-order valence-corrected chi connectivity index (χ1v) is 6.80. The van der Waals surface area contributed by atoms with Crippen molar-refractivity contribution >= 4 is 22.5 Å². The van der Waals surface area contributed by atoms with Crippen molar-refractivity contribution in [2.75, 3.05) is 18.5 Å². The lowest BCUT2D eigenvalue weighted by Gasteiger charge is -2.31. The fourth-order valence-electron chi connectivity index (χ4n) is 3.46. The van der Waals surface area contributed by atoms with Crippen LogP contribution in [0.1, 0.15) is 12.0 Å². The van der Waals surface area contributed by atoms with Crippen LogP contribution in [0.2, 0.25) is 0 Å². The van der Waals surface area contributed by atoms with Crippen LogP contribution in [0.15, 0.2) is 36.4 Å².